The summed E-state index contributed by atoms with van der Waals surface area (Å²) in [7, 11) is 0. The Kier molecular flexibility index (Phi) is 7.07. The molecule has 2 aliphatic rings. The zero-order valence-corrected chi connectivity index (χ0v) is 18.8. The molecule has 3 heterocycles. The number of amides is 1. The zero-order valence-electron chi connectivity index (χ0n) is 18.8. The molecule has 0 spiro atoms. The molecule has 2 aromatic rings. The third kappa shape index (κ3) is 5.58. The lowest BCUT2D eigenvalue weighted by Crippen LogP contribution is -2.46. The quantitative estimate of drug-likeness (QED) is 0.727. The normalized spacial score (nSPS) is 18.4. The summed E-state index contributed by atoms with van der Waals surface area (Å²) in [5, 5.41) is 3.13. The van der Waals surface area contributed by atoms with Crippen LogP contribution in [0.3, 0.4) is 0 Å². The van der Waals surface area contributed by atoms with Crippen LogP contribution in [0.1, 0.15) is 25.3 Å². The molecule has 2 saturated heterocycles. The molecule has 0 radical (unpaired) electrons. The van der Waals surface area contributed by atoms with Crippen molar-refractivity contribution in [2.24, 2.45) is 5.92 Å². The fourth-order valence-corrected chi connectivity index (χ4v) is 4.51. The SMILES string of the molecule is CCN1CCN(c2ccccc2NC(=O)C2CCN(c3ccc(C(F)(F)F)cn3)CC2)CC1. The van der Waals surface area contributed by atoms with Crippen molar-refractivity contribution in [2.75, 3.05) is 60.9 Å². The van der Waals surface area contributed by atoms with Gasteiger partial charge in [-0.15, -0.1) is 0 Å². The number of carbonyl (C=O) groups is 1. The predicted octanol–water partition coefficient (Wildman–Crippen LogP) is 4.10. The summed E-state index contributed by atoms with van der Waals surface area (Å²) < 4.78 is 38.3. The lowest BCUT2D eigenvalue weighted by Gasteiger charge is -2.36. The number of rotatable bonds is 5. The molecule has 1 N–H and O–H groups in total. The van der Waals surface area contributed by atoms with E-state index in [2.05, 4.69) is 33.1 Å². The van der Waals surface area contributed by atoms with E-state index < -0.39 is 11.7 Å². The van der Waals surface area contributed by atoms with E-state index in [1.165, 1.54) is 6.07 Å². The first-order valence-electron chi connectivity index (χ1n) is 11.5. The van der Waals surface area contributed by atoms with Crippen LogP contribution >= 0.6 is 0 Å². The second-order valence-corrected chi connectivity index (χ2v) is 8.59. The van der Waals surface area contributed by atoms with E-state index in [4.69, 9.17) is 0 Å². The summed E-state index contributed by atoms with van der Waals surface area (Å²) in [6.07, 6.45) is -2.26. The number of piperidine rings is 1. The van der Waals surface area contributed by atoms with Crippen molar-refractivity contribution < 1.29 is 18.0 Å². The van der Waals surface area contributed by atoms with E-state index in [1.54, 1.807) is 0 Å². The number of hydrogen-bond donors (Lipinski definition) is 1. The highest BCUT2D eigenvalue weighted by Gasteiger charge is 2.31. The van der Waals surface area contributed by atoms with Gasteiger partial charge in [-0.05, 0) is 43.7 Å². The number of pyridine rings is 1. The molecule has 33 heavy (non-hydrogen) atoms. The van der Waals surface area contributed by atoms with Crippen LogP contribution in [0, 0.1) is 5.92 Å². The van der Waals surface area contributed by atoms with Crippen LogP contribution in [0.2, 0.25) is 0 Å². The first-order chi connectivity index (χ1) is 15.8. The fraction of sp³-hybridized carbons (Fsp3) is 0.500. The summed E-state index contributed by atoms with van der Waals surface area (Å²) in [4.78, 5) is 23.6. The molecule has 0 unspecified atom stereocenters. The van der Waals surface area contributed by atoms with Crippen LogP contribution in [0.25, 0.3) is 0 Å². The second kappa shape index (κ2) is 9.99. The minimum Gasteiger partial charge on any atom is -0.367 e. The van der Waals surface area contributed by atoms with Gasteiger partial charge in [0.05, 0.1) is 16.9 Å². The number of para-hydroxylation sites is 2. The van der Waals surface area contributed by atoms with Crippen LogP contribution in [-0.2, 0) is 11.0 Å². The molecule has 6 nitrogen and oxygen atoms in total. The van der Waals surface area contributed by atoms with Crippen LogP contribution in [0.5, 0.6) is 0 Å². The van der Waals surface area contributed by atoms with Gasteiger partial charge in [0.25, 0.3) is 0 Å². The van der Waals surface area contributed by atoms with Crippen LogP contribution in [0.15, 0.2) is 42.6 Å². The molecular formula is C24H30F3N5O. The standard InChI is InChI=1S/C24H30F3N5O/c1-2-30-13-15-31(16-14-30)21-6-4-3-5-20(21)29-23(33)18-9-11-32(12-10-18)22-8-7-19(17-28-22)24(25,26)27/h3-8,17-18H,2,9-16H2,1H3,(H,29,33). The molecule has 2 aliphatic heterocycles. The third-order valence-electron chi connectivity index (χ3n) is 6.59. The Morgan fingerprint density at radius 3 is 2.30 bits per heavy atom. The molecule has 1 amide bonds. The van der Waals surface area contributed by atoms with Crippen LogP contribution in [-0.4, -0.2) is 61.6 Å². The van der Waals surface area contributed by atoms with Gasteiger partial charge in [0.2, 0.25) is 5.91 Å². The summed E-state index contributed by atoms with van der Waals surface area (Å²) in [6, 6.07) is 10.4. The molecule has 1 aromatic heterocycles. The Morgan fingerprint density at radius 2 is 1.70 bits per heavy atom. The Balaban J connectivity index is 1.34. The molecule has 2 fully saturated rings. The number of nitrogens with one attached hydrogen (secondary N) is 1. The van der Waals surface area contributed by atoms with E-state index in [0.717, 1.165) is 56.4 Å². The van der Waals surface area contributed by atoms with Gasteiger partial charge in [0.15, 0.2) is 0 Å². The molecular weight excluding hydrogens is 431 g/mol. The van der Waals surface area contributed by atoms with Gasteiger partial charge < -0.3 is 20.0 Å². The molecule has 4 rings (SSSR count). The fourth-order valence-electron chi connectivity index (χ4n) is 4.51. The lowest BCUT2D eigenvalue weighted by atomic mass is 9.95. The minimum atomic E-state index is -4.39. The molecule has 0 atom stereocenters. The number of benzene rings is 1. The summed E-state index contributed by atoms with van der Waals surface area (Å²) in [5.41, 5.74) is 1.13. The van der Waals surface area contributed by atoms with Crippen molar-refractivity contribution >= 4 is 23.1 Å². The molecule has 0 bridgehead atoms. The monoisotopic (exact) mass is 461 g/mol. The number of nitrogens with zero attached hydrogens (tertiary/aromatic N) is 4. The van der Waals surface area contributed by atoms with E-state index in [1.807, 2.05) is 23.1 Å². The maximum absolute atomic E-state index is 13.0. The third-order valence-corrected chi connectivity index (χ3v) is 6.59. The highest BCUT2D eigenvalue weighted by molar-refractivity contribution is 5.96. The van der Waals surface area contributed by atoms with E-state index >= 15 is 0 Å². The highest BCUT2D eigenvalue weighted by atomic mass is 19.4. The molecule has 178 valence electrons. The van der Waals surface area contributed by atoms with Crippen molar-refractivity contribution in [3.05, 3.63) is 48.2 Å². The minimum absolute atomic E-state index is 0.00493. The Hall–Kier alpha value is -2.81. The van der Waals surface area contributed by atoms with Gasteiger partial charge in [0.1, 0.15) is 5.82 Å². The average Bonchev–Trinajstić information content (AvgIpc) is 2.84. The number of piperazine rings is 1. The number of aromatic nitrogens is 1. The Bertz CT molecular complexity index is 934. The van der Waals surface area contributed by atoms with Crippen molar-refractivity contribution in [3.63, 3.8) is 0 Å². The molecule has 0 saturated carbocycles. The summed E-state index contributed by atoms with van der Waals surface area (Å²) >= 11 is 0. The molecule has 1 aromatic carbocycles. The highest BCUT2D eigenvalue weighted by Crippen LogP contribution is 2.31. The van der Waals surface area contributed by atoms with Gasteiger partial charge in [-0.1, -0.05) is 19.1 Å². The van der Waals surface area contributed by atoms with Gasteiger partial charge in [-0.2, -0.15) is 13.2 Å². The molecule has 9 heteroatoms. The van der Waals surface area contributed by atoms with E-state index in [0.29, 0.717) is 31.7 Å². The van der Waals surface area contributed by atoms with E-state index in [-0.39, 0.29) is 11.8 Å². The Morgan fingerprint density at radius 1 is 1.00 bits per heavy atom. The van der Waals surface area contributed by atoms with Crippen LogP contribution < -0.4 is 15.1 Å². The van der Waals surface area contributed by atoms with Crippen molar-refractivity contribution in [3.8, 4) is 0 Å². The topological polar surface area (TPSA) is 51.7 Å². The number of anilines is 3. The number of carbonyl (C=O) groups excluding carboxylic acids is 1. The zero-order chi connectivity index (χ0) is 23.4. The van der Waals surface area contributed by atoms with Crippen molar-refractivity contribution in [1.82, 2.24) is 9.88 Å². The van der Waals surface area contributed by atoms with Gasteiger partial charge in [0, 0.05) is 51.4 Å². The average molecular weight is 462 g/mol. The van der Waals surface area contributed by atoms with Crippen LogP contribution in [0.4, 0.5) is 30.4 Å². The largest absolute Gasteiger partial charge is 0.417 e. The van der Waals surface area contributed by atoms with Gasteiger partial charge in [-0.25, -0.2) is 4.98 Å². The lowest BCUT2D eigenvalue weighted by molar-refractivity contribution is -0.137. The summed E-state index contributed by atoms with van der Waals surface area (Å²) in [5.74, 6) is 0.369. The van der Waals surface area contributed by atoms with Crippen molar-refractivity contribution in [1.29, 1.82) is 0 Å². The van der Waals surface area contributed by atoms with Gasteiger partial charge in [-0.3, -0.25) is 4.79 Å². The van der Waals surface area contributed by atoms with Gasteiger partial charge >= 0.3 is 6.18 Å². The smallest absolute Gasteiger partial charge is 0.367 e. The first kappa shape index (κ1) is 23.4. The van der Waals surface area contributed by atoms with E-state index in [9.17, 15) is 18.0 Å². The number of alkyl halides is 3. The molecule has 0 aliphatic carbocycles. The maximum Gasteiger partial charge on any atom is 0.417 e. The Labute approximate surface area is 192 Å². The number of likely N-dealkylation sites (N-methyl/N-ethyl adjacent to an activating group) is 1. The predicted molar refractivity (Wildman–Crippen MR) is 124 cm³/mol. The van der Waals surface area contributed by atoms with Crippen molar-refractivity contribution in [2.45, 2.75) is 25.9 Å². The summed E-state index contributed by atoms with van der Waals surface area (Å²) in [6.45, 7) is 8.26. The number of hydrogen-bond acceptors (Lipinski definition) is 5. The maximum atomic E-state index is 13.0. The first-order valence-corrected chi connectivity index (χ1v) is 11.5. The second-order valence-electron chi connectivity index (χ2n) is 8.59. The number of halogens is 3.